The minimum Gasteiger partial charge on any atom is -0.477 e. The van der Waals surface area contributed by atoms with E-state index in [1.54, 1.807) is 18.6 Å². The van der Waals surface area contributed by atoms with Gasteiger partial charge in [0.15, 0.2) is 0 Å². The minimum absolute atomic E-state index is 0.379. The molecule has 1 N–H and O–H groups in total. The van der Waals surface area contributed by atoms with E-state index in [1.165, 1.54) is 16.9 Å². The second-order valence-corrected chi connectivity index (χ2v) is 7.47. The van der Waals surface area contributed by atoms with Crippen molar-refractivity contribution in [3.63, 3.8) is 0 Å². The molecule has 1 atom stereocenters. The van der Waals surface area contributed by atoms with Crippen LogP contribution in [0.15, 0.2) is 49.1 Å². The average Bonchev–Trinajstić information content (AvgIpc) is 3.29. The number of hydrogen-bond acceptors (Lipinski definition) is 3. The molecule has 0 amide bonds. The van der Waals surface area contributed by atoms with Gasteiger partial charge in [0, 0.05) is 23.0 Å². The summed E-state index contributed by atoms with van der Waals surface area (Å²) in [4.78, 5) is 16.7. The Morgan fingerprint density at radius 3 is 2.62 bits per heavy atom. The standard InChI is InChI=1S/C21H22N2O2S/c1-4-14(2)18(12-19-15(3)11-20(26-19)21(24)25)16-5-7-17(8-6-16)23-10-9-22-13-23/h5-14H,4H2,1-3H3,(H,24,25)/b18-12+. The molecule has 2 heterocycles. The van der Waals surface area contributed by atoms with Crippen LogP contribution in [0.1, 0.15) is 45.9 Å². The number of aromatic nitrogens is 2. The van der Waals surface area contributed by atoms with Crippen LogP contribution in [-0.4, -0.2) is 20.6 Å². The van der Waals surface area contributed by atoms with Crippen LogP contribution in [0.4, 0.5) is 0 Å². The number of aromatic carboxylic acids is 1. The highest BCUT2D eigenvalue weighted by Gasteiger charge is 2.14. The summed E-state index contributed by atoms with van der Waals surface area (Å²) in [6.07, 6.45) is 8.63. The van der Waals surface area contributed by atoms with Crippen LogP contribution in [0.25, 0.3) is 17.3 Å². The van der Waals surface area contributed by atoms with Gasteiger partial charge in [0.2, 0.25) is 0 Å². The lowest BCUT2D eigenvalue weighted by Crippen LogP contribution is -1.98. The number of rotatable bonds is 6. The summed E-state index contributed by atoms with van der Waals surface area (Å²) in [6.45, 7) is 6.34. The van der Waals surface area contributed by atoms with Gasteiger partial charge in [-0.05, 0) is 60.2 Å². The van der Waals surface area contributed by atoms with Crippen LogP contribution < -0.4 is 0 Å². The van der Waals surface area contributed by atoms with Gasteiger partial charge in [-0.3, -0.25) is 0 Å². The summed E-state index contributed by atoms with van der Waals surface area (Å²) >= 11 is 1.33. The Balaban J connectivity index is 2.00. The molecule has 1 unspecified atom stereocenters. The van der Waals surface area contributed by atoms with Crippen LogP contribution in [0.2, 0.25) is 0 Å². The van der Waals surface area contributed by atoms with Crippen molar-refractivity contribution < 1.29 is 9.90 Å². The van der Waals surface area contributed by atoms with E-state index in [4.69, 9.17) is 0 Å². The van der Waals surface area contributed by atoms with Gasteiger partial charge >= 0.3 is 5.97 Å². The first-order chi connectivity index (χ1) is 12.5. The molecular formula is C21H22N2O2S. The smallest absolute Gasteiger partial charge is 0.345 e. The van der Waals surface area contributed by atoms with E-state index in [9.17, 15) is 9.90 Å². The summed E-state index contributed by atoms with van der Waals surface area (Å²) in [5.74, 6) is -0.489. The van der Waals surface area contributed by atoms with Gasteiger partial charge in [0.1, 0.15) is 4.88 Å². The fraction of sp³-hybridized carbons (Fsp3) is 0.238. The highest BCUT2D eigenvalue weighted by molar-refractivity contribution is 7.15. The lowest BCUT2D eigenvalue weighted by molar-refractivity contribution is 0.0702. The molecule has 134 valence electrons. The number of aryl methyl sites for hydroxylation is 1. The second kappa shape index (κ2) is 7.70. The topological polar surface area (TPSA) is 55.1 Å². The number of thiophene rings is 1. The number of imidazole rings is 1. The van der Waals surface area contributed by atoms with Crippen molar-refractivity contribution in [2.75, 3.05) is 0 Å². The van der Waals surface area contributed by atoms with Crippen LogP contribution in [0, 0.1) is 12.8 Å². The van der Waals surface area contributed by atoms with E-state index in [-0.39, 0.29) is 0 Å². The largest absolute Gasteiger partial charge is 0.477 e. The van der Waals surface area contributed by atoms with E-state index < -0.39 is 5.97 Å². The molecule has 3 aromatic rings. The van der Waals surface area contributed by atoms with Crippen LogP contribution >= 0.6 is 11.3 Å². The van der Waals surface area contributed by atoms with Crippen molar-refractivity contribution in [3.8, 4) is 5.69 Å². The lowest BCUT2D eigenvalue weighted by atomic mass is 9.91. The first kappa shape index (κ1) is 18.1. The highest BCUT2D eigenvalue weighted by Crippen LogP contribution is 2.32. The maximum absolute atomic E-state index is 11.2. The normalized spacial score (nSPS) is 13.0. The van der Waals surface area contributed by atoms with E-state index in [0.717, 1.165) is 28.1 Å². The van der Waals surface area contributed by atoms with Gasteiger partial charge in [0.25, 0.3) is 0 Å². The number of carboxylic acids is 1. The molecule has 0 fully saturated rings. The Kier molecular flexibility index (Phi) is 5.38. The number of benzene rings is 1. The molecule has 26 heavy (non-hydrogen) atoms. The fourth-order valence-corrected chi connectivity index (χ4v) is 3.82. The molecule has 2 aromatic heterocycles. The molecule has 0 saturated carbocycles. The molecule has 0 saturated heterocycles. The van der Waals surface area contributed by atoms with E-state index >= 15 is 0 Å². The summed E-state index contributed by atoms with van der Waals surface area (Å²) in [6, 6.07) is 10.1. The second-order valence-electron chi connectivity index (χ2n) is 6.39. The molecule has 0 bridgehead atoms. The Hall–Kier alpha value is -2.66. The quantitative estimate of drug-likeness (QED) is 0.624. The SMILES string of the molecule is CCC(C)/C(=C\c1sc(C(=O)O)cc1C)c1ccc(-n2ccnc2)cc1. The Labute approximate surface area is 157 Å². The molecule has 0 aliphatic rings. The molecule has 0 spiro atoms. The van der Waals surface area contributed by atoms with Gasteiger partial charge < -0.3 is 9.67 Å². The Bertz CT molecular complexity index is 922. The van der Waals surface area contributed by atoms with Crippen molar-refractivity contribution in [1.29, 1.82) is 0 Å². The predicted molar refractivity (Wildman–Crippen MR) is 107 cm³/mol. The zero-order valence-electron chi connectivity index (χ0n) is 15.1. The van der Waals surface area contributed by atoms with Crippen molar-refractivity contribution in [2.45, 2.75) is 27.2 Å². The molecule has 5 heteroatoms. The Morgan fingerprint density at radius 2 is 2.08 bits per heavy atom. The maximum atomic E-state index is 11.2. The predicted octanol–water partition coefficient (Wildman–Crippen LogP) is 5.53. The third kappa shape index (κ3) is 3.78. The molecule has 0 aliphatic heterocycles. The first-order valence-corrected chi connectivity index (χ1v) is 9.45. The van der Waals surface area contributed by atoms with Crippen LogP contribution in [0.3, 0.4) is 0 Å². The fourth-order valence-electron chi connectivity index (χ4n) is 2.85. The summed E-state index contributed by atoms with van der Waals surface area (Å²) in [5, 5.41) is 9.23. The van der Waals surface area contributed by atoms with Gasteiger partial charge in [-0.2, -0.15) is 0 Å². The van der Waals surface area contributed by atoms with Crippen molar-refractivity contribution in [2.24, 2.45) is 5.92 Å². The number of carboxylic acid groups (broad SMARTS) is 1. The summed E-state index contributed by atoms with van der Waals surface area (Å²) in [5.41, 5.74) is 4.46. The van der Waals surface area contributed by atoms with E-state index in [2.05, 4.69) is 49.2 Å². The minimum atomic E-state index is -0.868. The molecular weight excluding hydrogens is 344 g/mol. The van der Waals surface area contributed by atoms with Crippen molar-refractivity contribution in [1.82, 2.24) is 9.55 Å². The molecule has 3 rings (SSSR count). The van der Waals surface area contributed by atoms with E-state index in [0.29, 0.717) is 10.8 Å². The van der Waals surface area contributed by atoms with Gasteiger partial charge in [-0.25, -0.2) is 9.78 Å². The first-order valence-electron chi connectivity index (χ1n) is 8.63. The number of hydrogen-bond donors (Lipinski definition) is 1. The zero-order valence-corrected chi connectivity index (χ0v) is 16.0. The highest BCUT2D eigenvalue weighted by atomic mass is 32.1. The number of allylic oxidation sites excluding steroid dienone is 1. The number of carbonyl (C=O) groups is 1. The lowest BCUT2D eigenvalue weighted by Gasteiger charge is -2.15. The van der Waals surface area contributed by atoms with Gasteiger partial charge in [0.05, 0.1) is 6.33 Å². The monoisotopic (exact) mass is 366 g/mol. The molecule has 0 radical (unpaired) electrons. The molecule has 0 aliphatic carbocycles. The van der Waals surface area contributed by atoms with Crippen LogP contribution in [0.5, 0.6) is 0 Å². The van der Waals surface area contributed by atoms with Crippen molar-refractivity contribution in [3.05, 3.63) is 69.9 Å². The van der Waals surface area contributed by atoms with Gasteiger partial charge in [-0.15, -0.1) is 11.3 Å². The third-order valence-electron chi connectivity index (χ3n) is 4.60. The maximum Gasteiger partial charge on any atom is 0.345 e. The number of nitrogens with zero attached hydrogens (tertiary/aromatic N) is 2. The molecule has 4 nitrogen and oxygen atoms in total. The average molecular weight is 366 g/mol. The van der Waals surface area contributed by atoms with Gasteiger partial charge in [-0.1, -0.05) is 26.0 Å². The Morgan fingerprint density at radius 1 is 1.35 bits per heavy atom. The zero-order chi connectivity index (χ0) is 18.7. The van der Waals surface area contributed by atoms with Crippen LogP contribution in [-0.2, 0) is 0 Å². The third-order valence-corrected chi connectivity index (χ3v) is 5.77. The molecule has 1 aromatic carbocycles. The van der Waals surface area contributed by atoms with E-state index in [1.807, 2.05) is 17.7 Å². The summed E-state index contributed by atoms with van der Waals surface area (Å²) in [7, 11) is 0. The van der Waals surface area contributed by atoms with Crippen molar-refractivity contribution >= 4 is 29.0 Å². The summed E-state index contributed by atoms with van der Waals surface area (Å²) < 4.78 is 1.97.